The summed E-state index contributed by atoms with van der Waals surface area (Å²) in [4.78, 5) is 6.32. The van der Waals surface area contributed by atoms with Gasteiger partial charge >= 0.3 is 17.8 Å². The van der Waals surface area contributed by atoms with Gasteiger partial charge in [-0.05, 0) is 70.1 Å². The first-order valence-corrected chi connectivity index (χ1v) is 20.3. The van der Waals surface area contributed by atoms with Crippen LogP contribution in [0.1, 0.15) is 62.4 Å². The summed E-state index contributed by atoms with van der Waals surface area (Å²) in [7, 11) is 0. The van der Waals surface area contributed by atoms with Crippen molar-refractivity contribution in [3.63, 3.8) is 0 Å². The van der Waals surface area contributed by atoms with Gasteiger partial charge in [0, 0.05) is 61.3 Å². The van der Waals surface area contributed by atoms with Crippen molar-refractivity contribution in [1.82, 2.24) is 0 Å². The lowest BCUT2D eigenvalue weighted by molar-refractivity contribution is -0.254. The molecule has 0 nitrogen and oxygen atoms in total. The van der Waals surface area contributed by atoms with Crippen LogP contribution in [0.4, 0.5) is 26.3 Å². The molecule has 6 aromatic rings. The molecule has 0 saturated carbocycles. The minimum atomic E-state index is -5.67. The molecule has 49 heavy (non-hydrogen) atoms. The monoisotopic (exact) mass is 780 g/mol. The maximum absolute atomic E-state index is 16.4. The van der Waals surface area contributed by atoms with Gasteiger partial charge in [-0.15, -0.1) is 68.0 Å². The third-order valence-electron chi connectivity index (χ3n) is 8.34. The summed E-state index contributed by atoms with van der Waals surface area (Å²) in [6.07, 6.45) is 0. The fraction of sp³-hybridized carbons (Fsp3) is 0.297. The van der Waals surface area contributed by atoms with Crippen molar-refractivity contribution in [2.24, 2.45) is 0 Å². The average molecular weight is 781 g/mol. The summed E-state index contributed by atoms with van der Waals surface area (Å²) in [5, 5.41) is 3.50. The number of rotatable bonds is 6. The number of alkyl halides is 6. The Morgan fingerprint density at radius 1 is 0.469 bits per heavy atom. The molecule has 0 aromatic carbocycles. The fourth-order valence-corrected chi connectivity index (χ4v) is 12.1. The summed E-state index contributed by atoms with van der Waals surface area (Å²) in [6, 6.07) is 17.3. The second kappa shape index (κ2) is 11.8. The molecule has 1 aliphatic rings. The van der Waals surface area contributed by atoms with Crippen molar-refractivity contribution in [2.75, 3.05) is 0 Å². The SMILES string of the molecule is CC(C)(C)c1ccc(-c2cc(C3=C(c4cc(-c5ccc(C(C)(C)C)s5)sc4-c4cccs4)C(F)(F)C(F)(F)C3(F)F)c(-c3cccs3)s2)s1. The molecule has 0 fully saturated rings. The van der Waals surface area contributed by atoms with E-state index in [9.17, 15) is 0 Å². The van der Waals surface area contributed by atoms with Crippen LogP contribution in [0.25, 0.3) is 50.2 Å². The molecule has 0 unspecified atom stereocenters. The van der Waals surface area contributed by atoms with Gasteiger partial charge in [0.2, 0.25) is 0 Å². The number of hydrogen-bond donors (Lipinski definition) is 0. The van der Waals surface area contributed by atoms with Crippen LogP contribution in [-0.4, -0.2) is 17.8 Å². The first-order valence-electron chi connectivity index (χ1n) is 15.3. The van der Waals surface area contributed by atoms with E-state index in [1.807, 2.05) is 24.3 Å². The Hall–Kier alpha value is -2.48. The van der Waals surface area contributed by atoms with Crippen molar-refractivity contribution >= 4 is 79.2 Å². The molecule has 12 heteroatoms. The number of allylic oxidation sites excluding steroid dienone is 2. The highest BCUT2D eigenvalue weighted by atomic mass is 32.1. The Kier molecular flexibility index (Phi) is 8.40. The van der Waals surface area contributed by atoms with Crippen molar-refractivity contribution in [3.05, 3.63) is 92.3 Å². The highest BCUT2D eigenvalue weighted by Crippen LogP contribution is 2.67. The molecule has 0 amide bonds. The third kappa shape index (κ3) is 5.65. The third-order valence-corrected chi connectivity index (χ3v) is 16.1. The van der Waals surface area contributed by atoms with E-state index in [2.05, 4.69) is 41.5 Å². The molecule has 1 aliphatic carbocycles. The molecule has 0 saturated heterocycles. The molecule has 0 atom stereocenters. The van der Waals surface area contributed by atoms with Gasteiger partial charge in [0.05, 0.1) is 9.75 Å². The van der Waals surface area contributed by atoms with Gasteiger partial charge < -0.3 is 0 Å². The highest BCUT2D eigenvalue weighted by molar-refractivity contribution is 7.27. The van der Waals surface area contributed by atoms with Gasteiger partial charge in [-0.3, -0.25) is 0 Å². The summed E-state index contributed by atoms with van der Waals surface area (Å²) in [5.41, 5.74) is -3.57. The largest absolute Gasteiger partial charge is 0.380 e. The molecule has 6 heterocycles. The molecule has 0 radical (unpaired) electrons. The summed E-state index contributed by atoms with van der Waals surface area (Å²) < 4.78 is 96.9. The number of thiophene rings is 6. The minimum absolute atomic E-state index is 0.178. The Bertz CT molecular complexity index is 2020. The van der Waals surface area contributed by atoms with E-state index in [0.717, 1.165) is 42.2 Å². The van der Waals surface area contributed by atoms with Crippen LogP contribution in [0.3, 0.4) is 0 Å². The van der Waals surface area contributed by atoms with Crippen molar-refractivity contribution in [3.8, 4) is 39.0 Å². The maximum atomic E-state index is 16.4. The zero-order chi connectivity index (χ0) is 35.3. The quantitative estimate of drug-likeness (QED) is 0.148. The Morgan fingerprint density at radius 2 is 0.857 bits per heavy atom. The van der Waals surface area contributed by atoms with Gasteiger partial charge in [0.15, 0.2) is 0 Å². The topological polar surface area (TPSA) is 0 Å². The van der Waals surface area contributed by atoms with E-state index in [1.165, 1.54) is 57.5 Å². The molecule has 7 rings (SSSR count). The van der Waals surface area contributed by atoms with Gasteiger partial charge in [-0.1, -0.05) is 53.7 Å². The van der Waals surface area contributed by atoms with E-state index in [1.54, 1.807) is 35.0 Å². The first kappa shape index (κ1) is 34.9. The van der Waals surface area contributed by atoms with E-state index in [-0.39, 0.29) is 31.7 Å². The predicted molar refractivity (Wildman–Crippen MR) is 201 cm³/mol. The van der Waals surface area contributed by atoms with E-state index in [0.29, 0.717) is 19.5 Å². The Labute approximate surface area is 305 Å². The molecule has 0 N–H and O–H groups in total. The second-order valence-corrected chi connectivity index (χ2v) is 20.1. The zero-order valence-corrected chi connectivity index (χ0v) is 32.0. The summed E-state index contributed by atoms with van der Waals surface area (Å²) >= 11 is 7.76. The van der Waals surface area contributed by atoms with Crippen molar-refractivity contribution < 1.29 is 26.3 Å². The zero-order valence-electron chi connectivity index (χ0n) is 27.1. The normalized spacial score (nSPS) is 17.4. The van der Waals surface area contributed by atoms with Crippen molar-refractivity contribution in [1.29, 1.82) is 0 Å². The lowest BCUT2D eigenvalue weighted by Gasteiger charge is -2.25. The molecule has 0 spiro atoms. The van der Waals surface area contributed by atoms with E-state index >= 15 is 26.3 Å². The Balaban J connectivity index is 1.53. The van der Waals surface area contributed by atoms with Crippen LogP contribution in [0.5, 0.6) is 0 Å². The van der Waals surface area contributed by atoms with Crippen LogP contribution in [-0.2, 0) is 10.8 Å². The maximum Gasteiger partial charge on any atom is 0.380 e. The summed E-state index contributed by atoms with van der Waals surface area (Å²) in [5.74, 6) is -16.0. The van der Waals surface area contributed by atoms with Gasteiger partial charge in [0.1, 0.15) is 0 Å². The van der Waals surface area contributed by atoms with Gasteiger partial charge in [-0.2, -0.15) is 26.3 Å². The van der Waals surface area contributed by atoms with E-state index < -0.39 is 28.9 Å². The summed E-state index contributed by atoms with van der Waals surface area (Å²) in [6.45, 7) is 12.3. The number of halogens is 6. The number of hydrogen-bond acceptors (Lipinski definition) is 6. The predicted octanol–water partition coefficient (Wildman–Crippen LogP) is 15.1. The lowest BCUT2D eigenvalue weighted by atomic mass is 9.94. The van der Waals surface area contributed by atoms with Crippen LogP contribution >= 0.6 is 68.0 Å². The van der Waals surface area contributed by atoms with Crippen molar-refractivity contribution in [2.45, 2.75) is 70.1 Å². The lowest BCUT2D eigenvalue weighted by Crippen LogP contribution is -2.48. The standard InChI is InChI=1S/C37H30F6S6/c1-33(2,3)27-13-11-21(46-27)25-17-19(31(48-25)23-9-7-15-44-23)29-30(36(40,41)37(42,43)35(29,38)39)20-18-26(49-32(20)24-10-8-16-45-24)22-12-14-28(47-22)34(4,5)6/h7-18H,1-6H3. The molecular weight excluding hydrogens is 751 g/mol. The first-order chi connectivity index (χ1) is 22.8. The highest BCUT2D eigenvalue weighted by Gasteiger charge is 2.80. The average Bonchev–Trinajstić information content (AvgIpc) is 3.86. The smallest absolute Gasteiger partial charge is 0.194 e. The van der Waals surface area contributed by atoms with Crippen LogP contribution in [0.15, 0.2) is 71.4 Å². The molecule has 6 aromatic heterocycles. The van der Waals surface area contributed by atoms with Crippen LogP contribution in [0.2, 0.25) is 0 Å². The van der Waals surface area contributed by atoms with E-state index in [4.69, 9.17) is 0 Å². The molecule has 0 aliphatic heterocycles. The Morgan fingerprint density at radius 3 is 1.16 bits per heavy atom. The fourth-order valence-electron chi connectivity index (χ4n) is 5.76. The van der Waals surface area contributed by atoms with Gasteiger partial charge in [-0.25, -0.2) is 0 Å². The molecular formula is C37H30F6S6. The minimum Gasteiger partial charge on any atom is -0.194 e. The molecule has 256 valence electrons. The molecule has 0 bridgehead atoms. The second-order valence-electron chi connectivity index (χ2n) is 14.0. The van der Waals surface area contributed by atoms with Gasteiger partial charge in [0.25, 0.3) is 0 Å². The van der Waals surface area contributed by atoms with Crippen LogP contribution in [0, 0.1) is 0 Å². The van der Waals surface area contributed by atoms with Crippen LogP contribution < -0.4 is 0 Å².